The number of hydrogen-bond acceptors (Lipinski definition) is 2. The molecule has 0 saturated carbocycles. The molecule has 1 nitrogen and oxygen atoms in total. The van der Waals surface area contributed by atoms with Gasteiger partial charge in [0.25, 0.3) is 0 Å². The first-order chi connectivity index (χ1) is 9.20. The first-order valence-corrected chi connectivity index (χ1v) is 8.37. The standard InChI is InChI=1S/C15H17FINS/c1-2-18-15(8-6-12-4-3-9-19-12)13-7-5-11(16)10-14(13)17/h3-5,7,9-10,15,18H,2,6,8H2,1H3. The van der Waals surface area contributed by atoms with Gasteiger partial charge in [-0.2, -0.15) is 0 Å². The second-order valence-corrected chi connectivity index (χ2v) is 6.59. The lowest BCUT2D eigenvalue weighted by Gasteiger charge is -2.19. The average Bonchev–Trinajstić information content (AvgIpc) is 2.88. The van der Waals surface area contributed by atoms with E-state index in [1.165, 1.54) is 10.4 Å². The topological polar surface area (TPSA) is 12.0 Å². The highest BCUT2D eigenvalue weighted by Gasteiger charge is 2.14. The van der Waals surface area contributed by atoms with E-state index in [4.69, 9.17) is 0 Å². The van der Waals surface area contributed by atoms with Crippen LogP contribution in [-0.4, -0.2) is 6.54 Å². The minimum atomic E-state index is -0.165. The van der Waals surface area contributed by atoms with E-state index in [0.717, 1.165) is 23.0 Å². The maximum Gasteiger partial charge on any atom is 0.124 e. The van der Waals surface area contributed by atoms with Crippen molar-refractivity contribution in [3.63, 3.8) is 0 Å². The summed E-state index contributed by atoms with van der Waals surface area (Å²) in [6.07, 6.45) is 2.10. The summed E-state index contributed by atoms with van der Waals surface area (Å²) in [5.41, 5.74) is 1.19. The van der Waals surface area contributed by atoms with Gasteiger partial charge in [0.15, 0.2) is 0 Å². The van der Waals surface area contributed by atoms with Gasteiger partial charge in [0.05, 0.1) is 0 Å². The van der Waals surface area contributed by atoms with Crippen LogP contribution < -0.4 is 5.32 Å². The molecule has 19 heavy (non-hydrogen) atoms. The van der Waals surface area contributed by atoms with Crippen molar-refractivity contribution >= 4 is 33.9 Å². The van der Waals surface area contributed by atoms with E-state index in [1.807, 2.05) is 6.07 Å². The summed E-state index contributed by atoms with van der Waals surface area (Å²) >= 11 is 4.01. The molecule has 0 radical (unpaired) electrons. The SMILES string of the molecule is CCNC(CCc1cccs1)c1ccc(F)cc1I. The lowest BCUT2D eigenvalue weighted by atomic mass is 10.0. The molecular formula is C15H17FINS. The highest BCUT2D eigenvalue weighted by Crippen LogP contribution is 2.25. The van der Waals surface area contributed by atoms with Gasteiger partial charge in [-0.15, -0.1) is 11.3 Å². The van der Waals surface area contributed by atoms with Gasteiger partial charge in [-0.3, -0.25) is 0 Å². The third kappa shape index (κ3) is 4.26. The zero-order valence-corrected chi connectivity index (χ0v) is 13.8. The molecule has 1 aromatic heterocycles. The Morgan fingerprint density at radius 1 is 1.37 bits per heavy atom. The van der Waals surface area contributed by atoms with Crippen LogP contribution in [0.25, 0.3) is 0 Å². The Hall–Kier alpha value is -0.460. The highest BCUT2D eigenvalue weighted by molar-refractivity contribution is 14.1. The molecule has 0 aliphatic heterocycles. The first-order valence-electron chi connectivity index (χ1n) is 6.41. The van der Waals surface area contributed by atoms with Crippen LogP contribution in [0.4, 0.5) is 4.39 Å². The van der Waals surface area contributed by atoms with Crippen molar-refractivity contribution in [2.45, 2.75) is 25.8 Å². The molecule has 102 valence electrons. The number of benzene rings is 1. The van der Waals surface area contributed by atoms with Gasteiger partial charge in [-0.25, -0.2) is 4.39 Å². The van der Waals surface area contributed by atoms with Crippen LogP contribution >= 0.6 is 33.9 Å². The third-order valence-corrected chi connectivity index (χ3v) is 4.92. The lowest BCUT2D eigenvalue weighted by Crippen LogP contribution is -2.22. The Bertz CT molecular complexity index is 513. The van der Waals surface area contributed by atoms with E-state index in [1.54, 1.807) is 23.5 Å². The second-order valence-electron chi connectivity index (χ2n) is 4.39. The second kappa shape index (κ2) is 7.36. The Balaban J connectivity index is 2.10. The average molecular weight is 389 g/mol. The Labute approximate surface area is 131 Å². The van der Waals surface area contributed by atoms with Crippen molar-refractivity contribution in [1.82, 2.24) is 5.32 Å². The molecule has 4 heteroatoms. The summed E-state index contributed by atoms with van der Waals surface area (Å²) < 4.78 is 14.2. The fourth-order valence-electron chi connectivity index (χ4n) is 2.14. The van der Waals surface area contributed by atoms with E-state index in [9.17, 15) is 4.39 Å². The van der Waals surface area contributed by atoms with Crippen molar-refractivity contribution in [3.8, 4) is 0 Å². The lowest BCUT2D eigenvalue weighted by molar-refractivity contribution is 0.513. The van der Waals surface area contributed by atoms with Crippen molar-refractivity contribution in [3.05, 3.63) is 55.5 Å². The van der Waals surface area contributed by atoms with Crippen LogP contribution in [0.5, 0.6) is 0 Å². The Morgan fingerprint density at radius 3 is 2.84 bits per heavy atom. The molecule has 0 amide bonds. The summed E-state index contributed by atoms with van der Waals surface area (Å²) in [7, 11) is 0. The minimum Gasteiger partial charge on any atom is -0.310 e. The monoisotopic (exact) mass is 389 g/mol. The predicted octanol–water partition coefficient (Wildman–Crippen LogP) is 4.78. The molecular weight excluding hydrogens is 372 g/mol. The maximum atomic E-state index is 13.2. The summed E-state index contributed by atoms with van der Waals surface area (Å²) in [6, 6.07) is 9.60. The summed E-state index contributed by atoms with van der Waals surface area (Å²) in [5.74, 6) is -0.165. The molecule has 0 fully saturated rings. The normalized spacial score (nSPS) is 12.6. The summed E-state index contributed by atoms with van der Waals surface area (Å²) in [6.45, 7) is 3.02. The zero-order valence-electron chi connectivity index (χ0n) is 10.8. The Kier molecular flexibility index (Phi) is 5.78. The first kappa shape index (κ1) is 14.9. The van der Waals surface area contributed by atoms with Crippen LogP contribution in [0.3, 0.4) is 0 Å². The smallest absolute Gasteiger partial charge is 0.124 e. The molecule has 0 aliphatic carbocycles. The Morgan fingerprint density at radius 2 is 2.21 bits per heavy atom. The fourth-order valence-corrected chi connectivity index (χ4v) is 3.72. The van der Waals surface area contributed by atoms with Gasteiger partial charge in [0.1, 0.15) is 5.82 Å². The fraction of sp³-hybridized carbons (Fsp3) is 0.333. The van der Waals surface area contributed by atoms with Gasteiger partial charge in [0.2, 0.25) is 0 Å². The largest absolute Gasteiger partial charge is 0.310 e. The van der Waals surface area contributed by atoms with Crippen LogP contribution in [0.2, 0.25) is 0 Å². The zero-order chi connectivity index (χ0) is 13.7. The highest BCUT2D eigenvalue weighted by atomic mass is 127. The van der Waals surface area contributed by atoms with Crippen LogP contribution in [-0.2, 0) is 6.42 Å². The predicted molar refractivity (Wildman–Crippen MR) is 88.2 cm³/mol. The molecule has 1 unspecified atom stereocenters. The number of halogens is 2. The minimum absolute atomic E-state index is 0.165. The number of aryl methyl sites for hydroxylation is 1. The summed E-state index contributed by atoms with van der Waals surface area (Å²) in [5, 5.41) is 5.61. The van der Waals surface area contributed by atoms with Gasteiger partial charge in [-0.05, 0) is 71.1 Å². The maximum absolute atomic E-state index is 13.2. The van der Waals surface area contributed by atoms with Gasteiger partial charge < -0.3 is 5.32 Å². The van der Waals surface area contributed by atoms with E-state index in [0.29, 0.717) is 6.04 Å². The molecule has 2 rings (SSSR count). The molecule has 1 atom stereocenters. The molecule has 0 bridgehead atoms. The number of hydrogen-bond donors (Lipinski definition) is 1. The van der Waals surface area contributed by atoms with Gasteiger partial charge in [0, 0.05) is 14.5 Å². The molecule has 1 aromatic carbocycles. The molecule has 1 heterocycles. The number of thiophene rings is 1. The quantitative estimate of drug-likeness (QED) is 0.702. The van der Waals surface area contributed by atoms with E-state index < -0.39 is 0 Å². The van der Waals surface area contributed by atoms with E-state index >= 15 is 0 Å². The van der Waals surface area contributed by atoms with Crippen molar-refractivity contribution in [2.75, 3.05) is 6.54 Å². The van der Waals surface area contributed by atoms with Gasteiger partial charge in [-0.1, -0.05) is 19.1 Å². The van der Waals surface area contributed by atoms with Crippen molar-refractivity contribution in [2.24, 2.45) is 0 Å². The van der Waals surface area contributed by atoms with Crippen LogP contribution in [0, 0.1) is 9.39 Å². The van der Waals surface area contributed by atoms with Crippen molar-refractivity contribution in [1.29, 1.82) is 0 Å². The molecule has 2 aromatic rings. The number of rotatable bonds is 6. The number of nitrogens with one attached hydrogen (secondary N) is 1. The van der Waals surface area contributed by atoms with E-state index in [-0.39, 0.29) is 5.82 Å². The molecule has 1 N–H and O–H groups in total. The van der Waals surface area contributed by atoms with Crippen LogP contribution in [0.1, 0.15) is 29.8 Å². The van der Waals surface area contributed by atoms with E-state index in [2.05, 4.69) is 52.3 Å². The molecule has 0 spiro atoms. The van der Waals surface area contributed by atoms with Crippen LogP contribution in [0.15, 0.2) is 35.7 Å². The van der Waals surface area contributed by atoms with Crippen molar-refractivity contribution < 1.29 is 4.39 Å². The molecule has 0 aliphatic rings. The summed E-state index contributed by atoms with van der Waals surface area (Å²) in [4.78, 5) is 1.40. The van der Waals surface area contributed by atoms with Gasteiger partial charge >= 0.3 is 0 Å². The molecule has 0 saturated heterocycles. The third-order valence-electron chi connectivity index (χ3n) is 3.05.